The van der Waals surface area contributed by atoms with E-state index in [-0.39, 0.29) is 5.91 Å². The molecule has 176 valence electrons. The van der Waals surface area contributed by atoms with E-state index >= 15 is 0 Å². The third-order valence-electron chi connectivity index (χ3n) is 7.34. The van der Waals surface area contributed by atoms with E-state index in [1.165, 1.54) is 37.8 Å². The summed E-state index contributed by atoms with van der Waals surface area (Å²) in [6, 6.07) is 6.58. The van der Waals surface area contributed by atoms with Gasteiger partial charge in [0.15, 0.2) is 11.5 Å². The molecule has 1 N–H and O–H groups in total. The highest BCUT2D eigenvalue weighted by molar-refractivity contribution is 5.75. The minimum atomic E-state index is 0.231. The molecule has 3 aliphatic heterocycles. The Labute approximate surface area is 192 Å². The molecule has 3 aliphatic rings. The van der Waals surface area contributed by atoms with E-state index < -0.39 is 0 Å². The predicted octanol–water partition coefficient (Wildman–Crippen LogP) is 3.56. The van der Waals surface area contributed by atoms with Crippen LogP contribution in [0.2, 0.25) is 0 Å². The number of carbonyl (C=O) groups excluding carboxylic acids is 1. The average molecular weight is 442 g/mol. The normalized spacial score (nSPS) is 22.2. The summed E-state index contributed by atoms with van der Waals surface area (Å²) >= 11 is 0. The number of fused-ring (bicyclic) bond motifs is 1. The molecule has 1 atom stereocenters. The fourth-order valence-electron chi connectivity index (χ4n) is 5.40. The lowest BCUT2D eigenvalue weighted by atomic mass is 9.91. The second-order valence-corrected chi connectivity index (χ2v) is 9.46. The van der Waals surface area contributed by atoms with E-state index in [2.05, 4.69) is 34.2 Å². The first-order chi connectivity index (χ1) is 15.7. The fourth-order valence-corrected chi connectivity index (χ4v) is 5.40. The van der Waals surface area contributed by atoms with Crippen molar-refractivity contribution in [2.75, 3.05) is 53.0 Å². The van der Waals surface area contributed by atoms with Crippen molar-refractivity contribution in [2.45, 2.75) is 51.5 Å². The number of methoxy groups -OCH3 is 1. The number of rotatable bonds is 9. The number of para-hydroxylation sites is 1. The molecule has 0 saturated carbocycles. The molecule has 3 heterocycles. The van der Waals surface area contributed by atoms with Crippen LogP contribution in [-0.2, 0) is 4.79 Å². The van der Waals surface area contributed by atoms with Gasteiger partial charge >= 0.3 is 0 Å². The number of nitrogens with zero attached hydrogens (tertiary/aromatic N) is 2. The maximum atomic E-state index is 12.3. The summed E-state index contributed by atoms with van der Waals surface area (Å²) in [5.41, 5.74) is 2.42. The number of nitrogens with one attached hydrogen (secondary N) is 1. The molecule has 6 heteroatoms. The molecule has 32 heavy (non-hydrogen) atoms. The fraction of sp³-hybridized carbons (Fsp3) is 0.654. The highest BCUT2D eigenvalue weighted by Crippen LogP contribution is 2.35. The zero-order chi connectivity index (χ0) is 22.3. The Morgan fingerprint density at radius 1 is 1.22 bits per heavy atom. The summed E-state index contributed by atoms with van der Waals surface area (Å²) in [5.74, 6) is 2.55. The first-order valence-corrected chi connectivity index (χ1v) is 12.4. The maximum Gasteiger partial charge on any atom is 0.220 e. The highest BCUT2D eigenvalue weighted by Gasteiger charge is 2.25. The lowest BCUT2D eigenvalue weighted by Crippen LogP contribution is -2.40. The monoisotopic (exact) mass is 441 g/mol. The van der Waals surface area contributed by atoms with Crippen molar-refractivity contribution >= 4 is 12.0 Å². The van der Waals surface area contributed by atoms with Crippen molar-refractivity contribution in [2.24, 2.45) is 5.92 Å². The van der Waals surface area contributed by atoms with Gasteiger partial charge in [-0.15, -0.1) is 0 Å². The lowest BCUT2D eigenvalue weighted by molar-refractivity contribution is -0.121. The highest BCUT2D eigenvalue weighted by atomic mass is 16.5. The minimum Gasteiger partial charge on any atom is -0.493 e. The standard InChI is InChI=1S/C26H39N3O3/c1-3-29-13-5-7-23(29)17-27-25(30)10-9-20-11-14-28(15-12-20)18-21-16-22-6-4-8-24(31-2)26(22)32-19-21/h4,6,8,16,20,23H,3,5,7,9-15,17-19H2,1-2H3,(H,27,30). The van der Waals surface area contributed by atoms with Crippen LogP contribution in [0, 0.1) is 5.92 Å². The number of carbonyl (C=O) groups is 1. The Kier molecular flexibility index (Phi) is 8.09. The molecule has 1 aromatic carbocycles. The molecule has 0 radical (unpaired) electrons. The molecule has 2 saturated heterocycles. The van der Waals surface area contributed by atoms with Gasteiger partial charge in [0.25, 0.3) is 0 Å². The second-order valence-electron chi connectivity index (χ2n) is 9.46. The van der Waals surface area contributed by atoms with Gasteiger partial charge < -0.3 is 14.8 Å². The van der Waals surface area contributed by atoms with Gasteiger partial charge in [0, 0.05) is 31.1 Å². The lowest BCUT2D eigenvalue weighted by Gasteiger charge is -2.33. The van der Waals surface area contributed by atoms with Crippen LogP contribution < -0.4 is 14.8 Å². The summed E-state index contributed by atoms with van der Waals surface area (Å²) in [6.45, 7) is 9.08. The molecule has 0 bridgehead atoms. The molecule has 2 fully saturated rings. The van der Waals surface area contributed by atoms with Crippen molar-refractivity contribution in [1.82, 2.24) is 15.1 Å². The Morgan fingerprint density at radius 2 is 2.06 bits per heavy atom. The number of hydrogen-bond acceptors (Lipinski definition) is 5. The number of likely N-dealkylation sites (N-methyl/N-ethyl adjacent to an activating group) is 1. The molecule has 1 aromatic rings. The third kappa shape index (κ3) is 5.84. The number of amides is 1. The van der Waals surface area contributed by atoms with Gasteiger partial charge in [-0.2, -0.15) is 0 Å². The smallest absolute Gasteiger partial charge is 0.220 e. The summed E-state index contributed by atoms with van der Waals surface area (Å²) < 4.78 is 11.4. The maximum absolute atomic E-state index is 12.3. The Balaban J connectivity index is 1.16. The van der Waals surface area contributed by atoms with Crippen LogP contribution in [-0.4, -0.2) is 74.7 Å². The predicted molar refractivity (Wildman–Crippen MR) is 128 cm³/mol. The zero-order valence-corrected chi connectivity index (χ0v) is 19.8. The van der Waals surface area contributed by atoms with Gasteiger partial charge in [0.05, 0.1) is 7.11 Å². The van der Waals surface area contributed by atoms with E-state index in [4.69, 9.17) is 9.47 Å². The number of hydrogen-bond donors (Lipinski definition) is 1. The summed E-state index contributed by atoms with van der Waals surface area (Å²) in [7, 11) is 1.68. The summed E-state index contributed by atoms with van der Waals surface area (Å²) in [4.78, 5) is 17.3. The van der Waals surface area contributed by atoms with Crippen LogP contribution >= 0.6 is 0 Å². The zero-order valence-electron chi connectivity index (χ0n) is 19.8. The topological polar surface area (TPSA) is 54.0 Å². The first kappa shape index (κ1) is 23.1. The Morgan fingerprint density at radius 3 is 2.84 bits per heavy atom. The van der Waals surface area contributed by atoms with E-state index in [1.54, 1.807) is 7.11 Å². The molecule has 1 amide bonds. The molecule has 4 rings (SSSR count). The van der Waals surface area contributed by atoms with E-state index in [0.717, 1.165) is 56.2 Å². The van der Waals surface area contributed by atoms with Crippen molar-refractivity contribution < 1.29 is 14.3 Å². The molecule has 0 aromatic heterocycles. The molecular formula is C26H39N3O3. The Hall–Kier alpha value is -2.05. The Bertz CT molecular complexity index is 802. The number of ether oxygens (including phenoxy) is 2. The van der Waals surface area contributed by atoms with Gasteiger partial charge in [-0.25, -0.2) is 0 Å². The molecule has 1 unspecified atom stereocenters. The number of piperidine rings is 1. The van der Waals surface area contributed by atoms with Gasteiger partial charge in [-0.1, -0.05) is 19.1 Å². The van der Waals surface area contributed by atoms with Gasteiger partial charge in [0.1, 0.15) is 6.61 Å². The van der Waals surface area contributed by atoms with Crippen LogP contribution in [0.3, 0.4) is 0 Å². The third-order valence-corrected chi connectivity index (χ3v) is 7.34. The van der Waals surface area contributed by atoms with Crippen LogP contribution in [0.25, 0.3) is 6.08 Å². The van der Waals surface area contributed by atoms with Gasteiger partial charge in [-0.05, 0) is 81.9 Å². The number of likely N-dealkylation sites (tertiary alicyclic amines) is 2. The van der Waals surface area contributed by atoms with Crippen LogP contribution in [0.5, 0.6) is 11.5 Å². The molecule has 0 aliphatic carbocycles. The number of benzene rings is 1. The molecule has 6 nitrogen and oxygen atoms in total. The van der Waals surface area contributed by atoms with Crippen LogP contribution in [0.15, 0.2) is 23.8 Å². The molecule has 0 spiro atoms. The van der Waals surface area contributed by atoms with Crippen molar-refractivity contribution in [1.29, 1.82) is 0 Å². The van der Waals surface area contributed by atoms with E-state index in [9.17, 15) is 4.79 Å². The van der Waals surface area contributed by atoms with Crippen LogP contribution in [0.1, 0.15) is 51.0 Å². The largest absolute Gasteiger partial charge is 0.493 e. The van der Waals surface area contributed by atoms with Crippen molar-refractivity contribution in [3.63, 3.8) is 0 Å². The van der Waals surface area contributed by atoms with E-state index in [0.29, 0.717) is 25.0 Å². The minimum absolute atomic E-state index is 0.231. The second kappa shape index (κ2) is 11.2. The van der Waals surface area contributed by atoms with Crippen molar-refractivity contribution in [3.05, 3.63) is 29.3 Å². The quantitative estimate of drug-likeness (QED) is 0.635. The summed E-state index contributed by atoms with van der Waals surface area (Å²) in [6.07, 6.45) is 8.77. The van der Waals surface area contributed by atoms with Gasteiger partial charge in [-0.3, -0.25) is 14.6 Å². The van der Waals surface area contributed by atoms with Crippen molar-refractivity contribution in [3.8, 4) is 11.5 Å². The first-order valence-electron chi connectivity index (χ1n) is 12.4. The SMILES string of the molecule is CCN1CCCC1CNC(=O)CCC1CCN(CC2=Cc3cccc(OC)c3OC2)CC1. The van der Waals surface area contributed by atoms with Crippen LogP contribution in [0.4, 0.5) is 0 Å². The molecular weight excluding hydrogens is 402 g/mol. The van der Waals surface area contributed by atoms with Gasteiger partial charge in [0.2, 0.25) is 5.91 Å². The average Bonchev–Trinajstić information content (AvgIpc) is 3.29. The summed E-state index contributed by atoms with van der Waals surface area (Å²) in [5, 5.41) is 3.19. The van der Waals surface area contributed by atoms with E-state index in [1.807, 2.05) is 12.1 Å².